The van der Waals surface area contributed by atoms with E-state index in [4.69, 9.17) is 5.11 Å². The van der Waals surface area contributed by atoms with Gasteiger partial charge in [-0.3, -0.25) is 9.69 Å². The zero-order valence-electron chi connectivity index (χ0n) is 13.4. The summed E-state index contributed by atoms with van der Waals surface area (Å²) in [6.07, 6.45) is 3.15. The molecule has 3 heteroatoms. The second kappa shape index (κ2) is 7.08. The van der Waals surface area contributed by atoms with Gasteiger partial charge in [-0.1, -0.05) is 25.1 Å². The van der Waals surface area contributed by atoms with Gasteiger partial charge in [-0.2, -0.15) is 0 Å². The number of hydrogen-bond donors (Lipinski definition) is 1. The number of carboxylic acids is 1. The van der Waals surface area contributed by atoms with E-state index in [2.05, 4.69) is 36.9 Å². The first-order valence-corrected chi connectivity index (χ1v) is 7.97. The lowest BCUT2D eigenvalue weighted by molar-refractivity contribution is -0.141. The van der Waals surface area contributed by atoms with Crippen LogP contribution in [-0.4, -0.2) is 29.1 Å². The summed E-state index contributed by atoms with van der Waals surface area (Å²) >= 11 is 0. The molecule has 1 aliphatic rings. The molecule has 0 amide bonds. The van der Waals surface area contributed by atoms with Gasteiger partial charge in [0, 0.05) is 13.1 Å². The van der Waals surface area contributed by atoms with Crippen molar-refractivity contribution >= 4 is 5.97 Å². The van der Waals surface area contributed by atoms with Crippen molar-refractivity contribution in [1.29, 1.82) is 0 Å². The molecule has 1 fully saturated rings. The fourth-order valence-corrected chi connectivity index (χ4v) is 3.25. The topological polar surface area (TPSA) is 40.5 Å². The highest BCUT2D eigenvalue weighted by molar-refractivity contribution is 5.69. The van der Waals surface area contributed by atoms with Crippen molar-refractivity contribution < 1.29 is 9.90 Å². The van der Waals surface area contributed by atoms with Crippen LogP contribution in [0.1, 0.15) is 42.9 Å². The summed E-state index contributed by atoms with van der Waals surface area (Å²) in [5.74, 6) is -0.366. The molecule has 1 saturated heterocycles. The van der Waals surface area contributed by atoms with Crippen LogP contribution in [0.4, 0.5) is 0 Å². The molecular formula is C18H27NO2. The number of piperidine rings is 1. The molecule has 2 atom stereocenters. The van der Waals surface area contributed by atoms with Crippen LogP contribution in [0.2, 0.25) is 0 Å². The summed E-state index contributed by atoms with van der Waals surface area (Å²) in [7, 11) is 0. The zero-order valence-corrected chi connectivity index (χ0v) is 13.4. The van der Waals surface area contributed by atoms with Gasteiger partial charge in [0.05, 0.1) is 5.92 Å². The van der Waals surface area contributed by atoms with E-state index in [0.717, 1.165) is 26.1 Å². The number of aliphatic carboxylic acids is 1. The summed E-state index contributed by atoms with van der Waals surface area (Å²) in [5.41, 5.74) is 4.05. The van der Waals surface area contributed by atoms with Crippen LogP contribution in [0, 0.1) is 25.7 Å². The molecule has 1 aliphatic heterocycles. The molecule has 0 aliphatic carbocycles. The fraction of sp³-hybridized carbons (Fsp3) is 0.611. The molecule has 2 unspecified atom stereocenters. The van der Waals surface area contributed by atoms with Crippen LogP contribution in [0.3, 0.4) is 0 Å². The minimum absolute atomic E-state index is 0.225. The minimum Gasteiger partial charge on any atom is -0.481 e. The quantitative estimate of drug-likeness (QED) is 0.900. The maximum Gasteiger partial charge on any atom is 0.306 e. The minimum atomic E-state index is -0.665. The Morgan fingerprint density at radius 3 is 2.81 bits per heavy atom. The van der Waals surface area contributed by atoms with Crippen LogP contribution >= 0.6 is 0 Å². The maximum absolute atomic E-state index is 11.0. The summed E-state index contributed by atoms with van der Waals surface area (Å²) in [5, 5.41) is 9.06. The molecule has 1 heterocycles. The Morgan fingerprint density at radius 1 is 1.38 bits per heavy atom. The van der Waals surface area contributed by atoms with Crippen molar-refractivity contribution in [2.24, 2.45) is 11.8 Å². The lowest BCUT2D eigenvalue weighted by atomic mass is 9.89. The Labute approximate surface area is 128 Å². The molecule has 0 saturated carbocycles. The normalized spacial score (nSPS) is 21.2. The van der Waals surface area contributed by atoms with Crippen molar-refractivity contribution in [3.05, 3.63) is 34.9 Å². The predicted octanol–water partition coefficient (Wildman–Crippen LogP) is 3.63. The monoisotopic (exact) mass is 289 g/mol. The zero-order chi connectivity index (χ0) is 15.4. The molecular weight excluding hydrogens is 262 g/mol. The molecule has 1 aromatic carbocycles. The van der Waals surface area contributed by atoms with Gasteiger partial charge in [-0.05, 0) is 62.3 Å². The Kier molecular flexibility index (Phi) is 5.40. The van der Waals surface area contributed by atoms with E-state index in [9.17, 15) is 4.79 Å². The predicted molar refractivity (Wildman–Crippen MR) is 85.3 cm³/mol. The van der Waals surface area contributed by atoms with Gasteiger partial charge in [-0.15, -0.1) is 0 Å². The number of benzene rings is 1. The average Bonchev–Trinajstić information content (AvgIpc) is 2.43. The van der Waals surface area contributed by atoms with E-state index in [1.807, 2.05) is 6.92 Å². The lowest BCUT2D eigenvalue weighted by Crippen LogP contribution is -2.36. The van der Waals surface area contributed by atoms with Crippen molar-refractivity contribution in [3.63, 3.8) is 0 Å². The molecule has 0 radical (unpaired) electrons. The van der Waals surface area contributed by atoms with E-state index in [0.29, 0.717) is 5.92 Å². The molecule has 116 valence electrons. The molecule has 2 rings (SSSR count). The number of carboxylic acid groups (broad SMARTS) is 1. The van der Waals surface area contributed by atoms with Gasteiger partial charge >= 0.3 is 5.97 Å². The van der Waals surface area contributed by atoms with Crippen LogP contribution in [0.15, 0.2) is 18.2 Å². The van der Waals surface area contributed by atoms with Crippen molar-refractivity contribution in [2.45, 2.75) is 46.6 Å². The molecule has 3 nitrogen and oxygen atoms in total. The van der Waals surface area contributed by atoms with Crippen LogP contribution in [0.5, 0.6) is 0 Å². The second-order valence-electron chi connectivity index (χ2n) is 6.64. The summed E-state index contributed by atoms with van der Waals surface area (Å²) in [6.45, 7) is 9.27. The Balaban J connectivity index is 1.91. The summed E-state index contributed by atoms with van der Waals surface area (Å²) in [6, 6.07) is 6.68. The Morgan fingerprint density at radius 2 is 2.14 bits per heavy atom. The smallest absolute Gasteiger partial charge is 0.306 e. The molecule has 0 aromatic heterocycles. The van der Waals surface area contributed by atoms with E-state index in [1.54, 1.807) is 0 Å². The van der Waals surface area contributed by atoms with Crippen LogP contribution in [0.25, 0.3) is 0 Å². The van der Waals surface area contributed by atoms with Gasteiger partial charge in [0.15, 0.2) is 0 Å². The maximum atomic E-state index is 11.0. The number of nitrogens with zero attached hydrogens (tertiary/aromatic N) is 1. The number of rotatable bonds is 5. The van der Waals surface area contributed by atoms with Crippen molar-refractivity contribution in [2.75, 3.05) is 13.1 Å². The van der Waals surface area contributed by atoms with E-state index >= 15 is 0 Å². The highest BCUT2D eigenvalue weighted by Gasteiger charge is 2.24. The third-order valence-corrected chi connectivity index (χ3v) is 4.69. The first-order valence-electron chi connectivity index (χ1n) is 7.97. The van der Waals surface area contributed by atoms with Gasteiger partial charge in [0.2, 0.25) is 0 Å². The highest BCUT2D eigenvalue weighted by Crippen LogP contribution is 2.25. The molecule has 21 heavy (non-hydrogen) atoms. The lowest BCUT2D eigenvalue weighted by Gasteiger charge is -2.33. The number of aryl methyl sites for hydroxylation is 2. The first kappa shape index (κ1) is 16.0. The molecule has 0 spiro atoms. The SMILES string of the molecule is Cc1ccc(CN2CCCC(CC(C)C(=O)O)C2)cc1C. The van der Waals surface area contributed by atoms with E-state index in [1.165, 1.54) is 29.5 Å². The highest BCUT2D eigenvalue weighted by atomic mass is 16.4. The van der Waals surface area contributed by atoms with E-state index < -0.39 is 5.97 Å². The Hall–Kier alpha value is -1.35. The van der Waals surface area contributed by atoms with Crippen LogP contribution in [-0.2, 0) is 11.3 Å². The van der Waals surface area contributed by atoms with Gasteiger partial charge in [0.25, 0.3) is 0 Å². The number of likely N-dealkylation sites (tertiary alicyclic amines) is 1. The number of carbonyl (C=O) groups is 1. The van der Waals surface area contributed by atoms with Gasteiger partial charge in [0.1, 0.15) is 0 Å². The summed E-state index contributed by atoms with van der Waals surface area (Å²) in [4.78, 5) is 13.5. The van der Waals surface area contributed by atoms with E-state index in [-0.39, 0.29) is 5.92 Å². The standard InChI is InChI=1S/C18H27NO2/c1-13-6-7-17(9-14(13)2)12-19-8-4-5-16(11-19)10-15(3)18(20)21/h6-7,9,15-16H,4-5,8,10-12H2,1-3H3,(H,20,21). The fourth-order valence-electron chi connectivity index (χ4n) is 3.25. The summed E-state index contributed by atoms with van der Waals surface area (Å²) < 4.78 is 0. The Bertz CT molecular complexity index is 498. The largest absolute Gasteiger partial charge is 0.481 e. The number of hydrogen-bond acceptors (Lipinski definition) is 2. The van der Waals surface area contributed by atoms with Gasteiger partial charge < -0.3 is 5.11 Å². The third-order valence-electron chi connectivity index (χ3n) is 4.69. The van der Waals surface area contributed by atoms with Crippen molar-refractivity contribution in [3.8, 4) is 0 Å². The molecule has 1 N–H and O–H groups in total. The molecule has 0 bridgehead atoms. The van der Waals surface area contributed by atoms with Crippen LogP contribution < -0.4 is 0 Å². The van der Waals surface area contributed by atoms with Crippen molar-refractivity contribution in [1.82, 2.24) is 4.90 Å². The third kappa shape index (κ3) is 4.57. The average molecular weight is 289 g/mol. The molecule has 1 aromatic rings. The van der Waals surface area contributed by atoms with Gasteiger partial charge in [-0.25, -0.2) is 0 Å². The second-order valence-corrected chi connectivity index (χ2v) is 6.64. The first-order chi connectivity index (χ1) is 9.95.